The molecule has 4 rings (SSSR count). The van der Waals surface area contributed by atoms with E-state index in [1.54, 1.807) is 7.11 Å². The number of rotatable bonds is 7. The second-order valence-electron chi connectivity index (χ2n) is 9.18. The van der Waals surface area contributed by atoms with Crippen molar-refractivity contribution in [1.29, 1.82) is 0 Å². The predicted molar refractivity (Wildman–Crippen MR) is 113 cm³/mol. The molecule has 6 atom stereocenters. The predicted octanol–water partition coefficient (Wildman–Crippen LogP) is 4.04. The van der Waals surface area contributed by atoms with Gasteiger partial charge in [0.15, 0.2) is 0 Å². The smallest absolute Gasteiger partial charge is 0.428 e. The summed E-state index contributed by atoms with van der Waals surface area (Å²) in [5.41, 5.74) is -0.876. The zero-order valence-corrected chi connectivity index (χ0v) is 18.7. The van der Waals surface area contributed by atoms with Gasteiger partial charge >= 0.3 is 6.16 Å². The molecule has 2 aliphatic heterocycles. The number of carbonyl (C=O) groups is 1. The number of epoxide rings is 2. The maximum Gasteiger partial charge on any atom is 0.514 e. The van der Waals surface area contributed by atoms with Crippen LogP contribution in [0.1, 0.15) is 33.6 Å². The van der Waals surface area contributed by atoms with Gasteiger partial charge in [0.25, 0.3) is 5.69 Å². The Morgan fingerprint density at radius 3 is 2.56 bits per heavy atom. The fourth-order valence-electron chi connectivity index (χ4n) is 4.82. The van der Waals surface area contributed by atoms with Crippen LogP contribution < -0.4 is 4.74 Å². The van der Waals surface area contributed by atoms with E-state index in [-0.39, 0.29) is 29.1 Å². The minimum atomic E-state index is -0.879. The summed E-state index contributed by atoms with van der Waals surface area (Å²) in [4.78, 5) is 22.7. The number of benzene rings is 1. The number of hydrogen-bond acceptors (Lipinski definition) is 8. The Morgan fingerprint density at radius 1 is 1.31 bits per heavy atom. The first kappa shape index (κ1) is 22.7. The van der Waals surface area contributed by atoms with Crippen molar-refractivity contribution in [3.05, 3.63) is 46.5 Å². The Balaban J connectivity index is 1.44. The van der Waals surface area contributed by atoms with E-state index in [4.69, 9.17) is 23.7 Å². The van der Waals surface area contributed by atoms with Crippen molar-refractivity contribution in [3.63, 3.8) is 0 Å². The van der Waals surface area contributed by atoms with Crippen molar-refractivity contribution in [2.24, 2.45) is 11.8 Å². The molecule has 1 spiro atoms. The number of nitro benzene ring substituents is 1. The van der Waals surface area contributed by atoms with Crippen molar-refractivity contribution in [2.45, 2.75) is 63.1 Å². The van der Waals surface area contributed by atoms with Crippen LogP contribution in [0.3, 0.4) is 0 Å². The van der Waals surface area contributed by atoms with Gasteiger partial charge in [0.05, 0.1) is 17.4 Å². The van der Waals surface area contributed by atoms with Crippen molar-refractivity contribution >= 4 is 11.8 Å². The summed E-state index contributed by atoms with van der Waals surface area (Å²) in [6.07, 6.45) is 3.64. The molecule has 0 radical (unpaired) electrons. The lowest BCUT2D eigenvalue weighted by Crippen LogP contribution is -2.55. The van der Waals surface area contributed by atoms with Crippen LogP contribution in [0.25, 0.3) is 0 Å². The molecule has 0 bridgehead atoms. The molecule has 0 amide bonds. The molecule has 1 aliphatic carbocycles. The summed E-state index contributed by atoms with van der Waals surface area (Å²) in [7, 11) is 1.60. The van der Waals surface area contributed by atoms with Gasteiger partial charge in [0.1, 0.15) is 35.3 Å². The molecule has 3 fully saturated rings. The number of nitro groups is 1. The molecule has 2 unspecified atom stereocenters. The number of hydrogen-bond donors (Lipinski definition) is 0. The van der Waals surface area contributed by atoms with Crippen LogP contribution >= 0.6 is 0 Å². The van der Waals surface area contributed by atoms with E-state index in [1.165, 1.54) is 24.3 Å². The third-order valence-corrected chi connectivity index (χ3v) is 6.57. The lowest BCUT2D eigenvalue weighted by atomic mass is 9.68. The Hall–Kier alpha value is -2.49. The highest BCUT2D eigenvalue weighted by Gasteiger charge is 2.72. The highest BCUT2D eigenvalue weighted by molar-refractivity contribution is 5.64. The Bertz CT molecular complexity index is 894. The fraction of sp³-hybridized carbons (Fsp3) is 0.609. The number of carbonyl (C=O) groups excluding carboxylic acids is 1. The number of nitrogens with zero attached hydrogens (tertiary/aromatic N) is 1. The van der Waals surface area contributed by atoms with Gasteiger partial charge in [0, 0.05) is 19.2 Å². The summed E-state index contributed by atoms with van der Waals surface area (Å²) in [6, 6.07) is 5.24. The van der Waals surface area contributed by atoms with Gasteiger partial charge in [-0.05, 0) is 37.8 Å². The topological polar surface area (TPSA) is 113 Å². The highest BCUT2D eigenvalue weighted by Crippen LogP contribution is 2.59. The van der Waals surface area contributed by atoms with Gasteiger partial charge < -0.3 is 23.7 Å². The molecule has 2 saturated heterocycles. The molecular weight excluding hydrogens is 418 g/mol. The van der Waals surface area contributed by atoms with Crippen molar-refractivity contribution in [1.82, 2.24) is 0 Å². The lowest BCUT2D eigenvalue weighted by molar-refractivity contribution is -0.384. The highest BCUT2D eigenvalue weighted by atomic mass is 16.7. The van der Waals surface area contributed by atoms with E-state index in [0.717, 1.165) is 6.42 Å². The first-order valence-electron chi connectivity index (χ1n) is 10.8. The van der Waals surface area contributed by atoms with E-state index in [9.17, 15) is 14.9 Å². The number of ether oxygens (including phenoxy) is 5. The zero-order valence-electron chi connectivity index (χ0n) is 18.7. The first-order valence-corrected chi connectivity index (χ1v) is 10.8. The summed E-state index contributed by atoms with van der Waals surface area (Å²) < 4.78 is 28.7. The normalized spacial score (nSPS) is 35.8. The summed E-state index contributed by atoms with van der Waals surface area (Å²) in [5, 5.41) is 10.8. The van der Waals surface area contributed by atoms with Gasteiger partial charge in [-0.25, -0.2) is 4.79 Å². The zero-order chi connectivity index (χ0) is 23.1. The van der Waals surface area contributed by atoms with E-state index in [2.05, 4.69) is 32.9 Å². The molecule has 0 aromatic heterocycles. The SMILES string of the molecule is CO[C@H]1C(C2(C)O[C@@H]2C=CC(C)C)[C@]2(CC[C@H]1OC(=O)Oc1ccc([N+](=O)[O-])cc1)CO2. The summed E-state index contributed by atoms with van der Waals surface area (Å²) in [6.45, 7) is 6.92. The maximum absolute atomic E-state index is 12.4. The average molecular weight is 447 g/mol. The molecule has 1 saturated carbocycles. The first-order chi connectivity index (χ1) is 15.2. The third kappa shape index (κ3) is 4.37. The molecule has 9 heteroatoms. The van der Waals surface area contributed by atoms with Crippen LogP contribution in [0.4, 0.5) is 10.5 Å². The second kappa shape index (κ2) is 8.46. The number of allylic oxidation sites excluding steroid dienone is 1. The Labute approximate surface area is 186 Å². The maximum atomic E-state index is 12.4. The Kier molecular flexibility index (Phi) is 6.00. The lowest BCUT2D eigenvalue weighted by Gasteiger charge is -2.42. The quantitative estimate of drug-likeness (QED) is 0.154. The summed E-state index contributed by atoms with van der Waals surface area (Å²) >= 11 is 0. The van der Waals surface area contributed by atoms with Gasteiger partial charge in [-0.3, -0.25) is 10.1 Å². The average Bonchev–Trinajstić information content (AvgIpc) is 3.65. The van der Waals surface area contributed by atoms with Crippen LogP contribution in [0.15, 0.2) is 36.4 Å². The molecule has 1 aromatic carbocycles. The van der Waals surface area contributed by atoms with Crippen molar-refractivity contribution < 1.29 is 33.4 Å². The molecule has 0 N–H and O–H groups in total. The van der Waals surface area contributed by atoms with Crippen LogP contribution in [-0.2, 0) is 18.9 Å². The van der Waals surface area contributed by atoms with Gasteiger partial charge in [-0.15, -0.1) is 0 Å². The standard InChI is InChI=1S/C23H29NO8/c1-14(2)5-10-18-22(3,32-18)20-19(28-4)17(11-12-23(20)13-29-23)31-21(25)30-16-8-6-15(7-9-16)24(26)27/h5-10,14,17-20H,11-13H2,1-4H3/t17-,18-,19-,20?,22?,23+/m1/s1. The van der Waals surface area contributed by atoms with E-state index in [0.29, 0.717) is 18.9 Å². The minimum Gasteiger partial charge on any atom is -0.428 e. The van der Waals surface area contributed by atoms with E-state index in [1.807, 2.05) is 0 Å². The molecule has 1 aromatic rings. The third-order valence-electron chi connectivity index (χ3n) is 6.57. The van der Waals surface area contributed by atoms with E-state index >= 15 is 0 Å². The fourth-order valence-corrected chi connectivity index (χ4v) is 4.82. The number of methoxy groups -OCH3 is 1. The molecule has 32 heavy (non-hydrogen) atoms. The van der Waals surface area contributed by atoms with Gasteiger partial charge in [-0.2, -0.15) is 0 Å². The van der Waals surface area contributed by atoms with Crippen molar-refractivity contribution in [3.8, 4) is 5.75 Å². The molecule has 3 aliphatic rings. The van der Waals surface area contributed by atoms with Gasteiger partial charge in [0.2, 0.25) is 0 Å². The Morgan fingerprint density at radius 2 is 2.00 bits per heavy atom. The summed E-state index contributed by atoms with van der Waals surface area (Å²) in [5.74, 6) is 0.484. The monoisotopic (exact) mass is 447 g/mol. The number of non-ortho nitro benzene ring substituents is 1. The minimum absolute atomic E-state index is 0.0422. The van der Waals surface area contributed by atoms with Crippen molar-refractivity contribution in [2.75, 3.05) is 13.7 Å². The van der Waals surface area contributed by atoms with E-state index < -0.39 is 28.9 Å². The molecular formula is C23H29NO8. The molecule has 174 valence electrons. The van der Waals surface area contributed by atoms with Gasteiger partial charge in [-0.1, -0.05) is 26.0 Å². The van der Waals surface area contributed by atoms with Crippen LogP contribution in [-0.4, -0.2) is 54.3 Å². The van der Waals surface area contributed by atoms with Crippen LogP contribution in [0, 0.1) is 22.0 Å². The second-order valence-corrected chi connectivity index (χ2v) is 9.18. The largest absolute Gasteiger partial charge is 0.514 e. The van der Waals surface area contributed by atoms with Crippen LogP contribution in [0.5, 0.6) is 5.75 Å². The molecule has 2 heterocycles. The van der Waals surface area contributed by atoms with Crippen LogP contribution in [0.2, 0.25) is 0 Å². The molecule has 9 nitrogen and oxygen atoms in total.